The Balaban J connectivity index is 1.36. The first kappa shape index (κ1) is 25.4. The van der Waals surface area contributed by atoms with Crippen LogP contribution >= 0.6 is 0 Å². The summed E-state index contributed by atoms with van der Waals surface area (Å²) in [6.45, 7) is 6.21. The zero-order valence-electron chi connectivity index (χ0n) is 21.8. The molecule has 8 heteroatoms. The Labute approximate surface area is 222 Å². The normalized spacial score (nSPS) is 13.8. The Morgan fingerprint density at radius 1 is 0.921 bits per heavy atom. The number of fused-ring (bicyclic) bond motifs is 1. The van der Waals surface area contributed by atoms with Crippen LogP contribution in [0.1, 0.15) is 40.7 Å². The van der Waals surface area contributed by atoms with E-state index in [0.717, 1.165) is 59.1 Å². The van der Waals surface area contributed by atoms with Gasteiger partial charge in [0.25, 0.3) is 5.91 Å². The number of rotatable bonds is 6. The van der Waals surface area contributed by atoms with Crippen LogP contribution in [0, 0.1) is 13.8 Å². The van der Waals surface area contributed by atoms with Gasteiger partial charge in [0.15, 0.2) is 0 Å². The molecular weight excluding hydrogens is 476 g/mol. The Morgan fingerprint density at radius 2 is 1.74 bits per heavy atom. The number of hydrogen-bond acceptors (Lipinski definition) is 6. The molecule has 5 rings (SSSR count). The number of nitrogens with one attached hydrogen (secondary N) is 2. The number of amides is 2. The predicted molar refractivity (Wildman–Crippen MR) is 152 cm³/mol. The quantitative estimate of drug-likeness (QED) is 0.331. The number of likely N-dealkylation sites (tertiary alicyclic amines) is 1. The Bertz CT molecular complexity index is 1510. The molecular formula is C30H32N6O2. The van der Waals surface area contributed by atoms with E-state index in [1.54, 1.807) is 6.20 Å². The molecule has 0 bridgehead atoms. The van der Waals surface area contributed by atoms with E-state index in [9.17, 15) is 9.59 Å². The third-order valence-electron chi connectivity index (χ3n) is 6.92. The van der Waals surface area contributed by atoms with Gasteiger partial charge in [-0.25, -0.2) is 9.97 Å². The number of nitrogens with zero attached hydrogens (tertiary/aromatic N) is 3. The fourth-order valence-corrected chi connectivity index (χ4v) is 4.86. The van der Waals surface area contributed by atoms with Crippen LogP contribution in [0.5, 0.6) is 0 Å². The highest BCUT2D eigenvalue weighted by molar-refractivity contribution is 6.08. The lowest BCUT2D eigenvalue weighted by atomic mass is 9.97. The number of carbonyl (C=O) groups excluding carboxylic acids is 2. The summed E-state index contributed by atoms with van der Waals surface area (Å²) in [5, 5.41) is 6.87. The number of aryl methyl sites for hydroxylation is 2. The maximum atomic E-state index is 13.4. The van der Waals surface area contributed by atoms with E-state index in [4.69, 9.17) is 5.73 Å². The maximum absolute atomic E-state index is 13.4. The molecule has 0 saturated carbocycles. The minimum Gasteiger partial charge on any atom is -0.368 e. The van der Waals surface area contributed by atoms with Gasteiger partial charge in [0, 0.05) is 17.1 Å². The van der Waals surface area contributed by atoms with Crippen LogP contribution in [0.2, 0.25) is 0 Å². The molecule has 2 heterocycles. The molecule has 3 aromatic carbocycles. The van der Waals surface area contributed by atoms with Crippen molar-refractivity contribution in [3.63, 3.8) is 0 Å². The minimum absolute atomic E-state index is 0.0779. The number of nitrogens with two attached hydrogens (primary N) is 1. The molecule has 8 nitrogen and oxygen atoms in total. The molecule has 4 aromatic rings. The zero-order valence-corrected chi connectivity index (χ0v) is 21.8. The third kappa shape index (κ3) is 5.81. The third-order valence-corrected chi connectivity index (χ3v) is 6.92. The molecule has 4 N–H and O–H groups in total. The first-order chi connectivity index (χ1) is 18.4. The van der Waals surface area contributed by atoms with Gasteiger partial charge in [-0.3, -0.25) is 14.5 Å². The van der Waals surface area contributed by atoms with Crippen LogP contribution < -0.4 is 16.4 Å². The molecule has 0 spiro atoms. The topological polar surface area (TPSA) is 113 Å². The van der Waals surface area contributed by atoms with E-state index in [-0.39, 0.29) is 17.8 Å². The Kier molecular flexibility index (Phi) is 7.33. The first-order valence-electron chi connectivity index (χ1n) is 12.9. The molecule has 2 amide bonds. The summed E-state index contributed by atoms with van der Waals surface area (Å²) < 4.78 is 0. The Morgan fingerprint density at radius 3 is 2.55 bits per heavy atom. The average molecular weight is 509 g/mol. The second-order valence-corrected chi connectivity index (χ2v) is 9.92. The lowest BCUT2D eigenvalue weighted by Gasteiger charge is -2.25. The standard InChI is InChI=1S/C30H32N6O2/c1-19-6-10-26(33-28(37)18-36-12-4-3-5-13-36)27(14-19)34-29(38)22-8-7-20(2)24(16-22)21-9-11-25-23(15-21)17-32-30(31)35-25/h6-11,14-17H,3-5,12-13,18H2,1-2H3,(H,33,37)(H,34,38)(H2,31,32,35). The molecule has 0 unspecified atom stereocenters. The van der Waals surface area contributed by atoms with Crippen molar-refractivity contribution in [2.45, 2.75) is 33.1 Å². The minimum atomic E-state index is -0.250. The van der Waals surface area contributed by atoms with Crippen LogP contribution in [0.3, 0.4) is 0 Å². The number of anilines is 3. The first-order valence-corrected chi connectivity index (χ1v) is 12.9. The molecule has 1 saturated heterocycles. The number of aromatic nitrogens is 2. The predicted octanol–water partition coefficient (Wildman–Crippen LogP) is 5.17. The van der Waals surface area contributed by atoms with Crippen molar-refractivity contribution in [2.24, 2.45) is 0 Å². The number of carbonyl (C=O) groups is 2. The van der Waals surface area contributed by atoms with E-state index in [1.165, 1.54) is 6.42 Å². The number of hydrogen-bond donors (Lipinski definition) is 3. The van der Waals surface area contributed by atoms with E-state index >= 15 is 0 Å². The molecule has 0 radical (unpaired) electrons. The summed E-state index contributed by atoms with van der Waals surface area (Å²) in [6, 6.07) is 17.1. The van der Waals surface area contributed by atoms with Gasteiger partial charge in [-0.1, -0.05) is 24.6 Å². The van der Waals surface area contributed by atoms with Gasteiger partial charge in [-0.15, -0.1) is 0 Å². The monoisotopic (exact) mass is 508 g/mol. The van der Waals surface area contributed by atoms with Crippen molar-refractivity contribution >= 4 is 40.0 Å². The SMILES string of the molecule is Cc1ccc(NC(=O)CN2CCCCC2)c(NC(=O)c2ccc(C)c(-c3ccc4nc(N)ncc4c3)c2)c1. The second kappa shape index (κ2) is 11.0. The molecule has 1 aliphatic heterocycles. The van der Waals surface area contributed by atoms with Crippen molar-refractivity contribution in [3.8, 4) is 11.1 Å². The highest BCUT2D eigenvalue weighted by Crippen LogP contribution is 2.29. The second-order valence-electron chi connectivity index (χ2n) is 9.92. The lowest BCUT2D eigenvalue weighted by Crippen LogP contribution is -2.37. The van der Waals surface area contributed by atoms with Crippen molar-refractivity contribution in [1.29, 1.82) is 0 Å². The molecule has 1 aromatic heterocycles. The van der Waals surface area contributed by atoms with Crippen LogP contribution in [-0.2, 0) is 4.79 Å². The molecule has 0 aliphatic carbocycles. The van der Waals surface area contributed by atoms with Crippen LogP contribution in [-0.4, -0.2) is 46.3 Å². The summed E-state index contributed by atoms with van der Waals surface area (Å²) in [6.07, 6.45) is 5.17. The smallest absolute Gasteiger partial charge is 0.255 e. The van der Waals surface area contributed by atoms with Crippen molar-refractivity contribution in [2.75, 3.05) is 36.0 Å². The largest absolute Gasteiger partial charge is 0.368 e. The van der Waals surface area contributed by atoms with Crippen molar-refractivity contribution < 1.29 is 9.59 Å². The number of nitrogen functional groups attached to an aromatic ring is 1. The van der Waals surface area contributed by atoms with E-state index in [1.807, 2.05) is 68.4 Å². The van der Waals surface area contributed by atoms with Crippen molar-refractivity contribution in [3.05, 3.63) is 77.5 Å². The van der Waals surface area contributed by atoms with Gasteiger partial charge in [0.2, 0.25) is 11.9 Å². The summed E-state index contributed by atoms with van der Waals surface area (Å²) in [5.41, 5.74) is 12.1. The lowest BCUT2D eigenvalue weighted by molar-refractivity contribution is -0.117. The highest BCUT2D eigenvalue weighted by atomic mass is 16.2. The maximum Gasteiger partial charge on any atom is 0.255 e. The van der Waals surface area contributed by atoms with Crippen LogP contribution in [0.4, 0.5) is 17.3 Å². The molecule has 1 aliphatic rings. The van der Waals surface area contributed by atoms with Crippen molar-refractivity contribution in [1.82, 2.24) is 14.9 Å². The van der Waals surface area contributed by atoms with Gasteiger partial charge >= 0.3 is 0 Å². The number of piperidine rings is 1. The molecule has 194 valence electrons. The summed E-state index contributed by atoms with van der Waals surface area (Å²) >= 11 is 0. The van der Waals surface area contributed by atoms with E-state index in [2.05, 4.69) is 25.5 Å². The zero-order chi connectivity index (χ0) is 26.6. The van der Waals surface area contributed by atoms with Crippen LogP contribution in [0.25, 0.3) is 22.0 Å². The molecule has 1 fully saturated rings. The van der Waals surface area contributed by atoms with Gasteiger partial charge in [-0.05, 0) is 98.4 Å². The average Bonchev–Trinajstić information content (AvgIpc) is 2.90. The van der Waals surface area contributed by atoms with E-state index < -0.39 is 0 Å². The summed E-state index contributed by atoms with van der Waals surface area (Å²) in [5.74, 6) is -0.0931. The fraction of sp³-hybridized carbons (Fsp3) is 0.267. The van der Waals surface area contributed by atoms with Crippen LogP contribution in [0.15, 0.2) is 60.8 Å². The van der Waals surface area contributed by atoms with Gasteiger partial charge in [0.05, 0.1) is 23.4 Å². The van der Waals surface area contributed by atoms with E-state index in [0.29, 0.717) is 23.5 Å². The Hall–Kier alpha value is -4.30. The summed E-state index contributed by atoms with van der Waals surface area (Å²) in [7, 11) is 0. The van der Waals surface area contributed by atoms with Gasteiger partial charge in [-0.2, -0.15) is 0 Å². The molecule has 38 heavy (non-hydrogen) atoms. The molecule has 0 atom stereocenters. The fourth-order valence-electron chi connectivity index (χ4n) is 4.86. The highest BCUT2D eigenvalue weighted by Gasteiger charge is 2.17. The summed E-state index contributed by atoms with van der Waals surface area (Å²) in [4.78, 5) is 36.6. The number of benzene rings is 3. The van der Waals surface area contributed by atoms with Gasteiger partial charge < -0.3 is 16.4 Å². The van der Waals surface area contributed by atoms with Gasteiger partial charge in [0.1, 0.15) is 0 Å².